The first-order valence-electron chi connectivity index (χ1n) is 8.65. The van der Waals surface area contributed by atoms with Crippen molar-refractivity contribution < 1.29 is 14.3 Å². The van der Waals surface area contributed by atoms with Gasteiger partial charge in [-0.3, -0.25) is 9.59 Å². The van der Waals surface area contributed by atoms with Gasteiger partial charge in [0.15, 0.2) is 0 Å². The van der Waals surface area contributed by atoms with Crippen LogP contribution in [0.4, 0.5) is 0 Å². The molecular weight excluding hydrogens is 328 g/mol. The molecule has 2 rings (SSSR count). The van der Waals surface area contributed by atoms with E-state index in [1.807, 2.05) is 60.7 Å². The van der Waals surface area contributed by atoms with Crippen LogP contribution in [0.1, 0.15) is 37.8 Å². The number of carbonyl (C=O) groups is 2. The van der Waals surface area contributed by atoms with E-state index in [4.69, 9.17) is 4.74 Å². The van der Waals surface area contributed by atoms with E-state index in [1.54, 1.807) is 20.8 Å². The van der Waals surface area contributed by atoms with Gasteiger partial charge in [-0.1, -0.05) is 60.7 Å². The summed E-state index contributed by atoms with van der Waals surface area (Å²) in [6.07, 6.45) is 0. The topological polar surface area (TPSA) is 67.8 Å². The number of nitrogens with one attached hydrogen (secondary N) is 1. The van der Waals surface area contributed by atoms with Crippen molar-refractivity contribution in [1.29, 1.82) is 0 Å². The monoisotopic (exact) mass is 352 g/mol. The molecular formula is C21H24N2O3. The number of hydrogen-bond donors (Lipinski definition) is 1. The molecule has 0 spiro atoms. The summed E-state index contributed by atoms with van der Waals surface area (Å²) < 4.78 is 4.99. The Hall–Kier alpha value is -2.95. The molecule has 0 bridgehead atoms. The predicted molar refractivity (Wildman–Crippen MR) is 102 cm³/mol. The van der Waals surface area contributed by atoms with Gasteiger partial charge in [0.2, 0.25) is 0 Å². The second-order valence-corrected chi connectivity index (χ2v) is 5.96. The van der Waals surface area contributed by atoms with E-state index in [-0.39, 0.29) is 11.9 Å². The maximum atomic E-state index is 12.8. The van der Waals surface area contributed by atoms with Crippen molar-refractivity contribution in [3.05, 3.63) is 71.8 Å². The van der Waals surface area contributed by atoms with Crippen molar-refractivity contribution in [2.24, 2.45) is 11.0 Å². The van der Waals surface area contributed by atoms with E-state index in [9.17, 15) is 9.59 Å². The van der Waals surface area contributed by atoms with Gasteiger partial charge in [0.1, 0.15) is 0 Å². The summed E-state index contributed by atoms with van der Waals surface area (Å²) in [5.74, 6) is -1.60. The third-order valence-corrected chi connectivity index (χ3v) is 4.14. The minimum Gasteiger partial charge on any atom is -0.465 e. The Morgan fingerprint density at radius 1 is 1.00 bits per heavy atom. The Bertz CT molecular complexity index is 718. The van der Waals surface area contributed by atoms with Crippen molar-refractivity contribution in [2.45, 2.75) is 26.7 Å². The van der Waals surface area contributed by atoms with E-state index in [1.165, 1.54) is 0 Å². The zero-order valence-corrected chi connectivity index (χ0v) is 15.3. The number of esters is 1. The predicted octanol–water partition coefficient (Wildman–Crippen LogP) is 3.51. The van der Waals surface area contributed by atoms with Gasteiger partial charge in [0.05, 0.1) is 18.4 Å². The first-order valence-corrected chi connectivity index (χ1v) is 8.65. The highest BCUT2D eigenvalue weighted by atomic mass is 16.5. The largest absolute Gasteiger partial charge is 0.465 e. The molecule has 0 unspecified atom stereocenters. The van der Waals surface area contributed by atoms with Crippen LogP contribution < -0.4 is 5.43 Å². The molecule has 1 N–H and O–H groups in total. The first kappa shape index (κ1) is 19.4. The van der Waals surface area contributed by atoms with Crippen molar-refractivity contribution >= 4 is 17.6 Å². The summed E-state index contributed by atoms with van der Waals surface area (Å²) in [7, 11) is 0. The highest BCUT2D eigenvalue weighted by molar-refractivity contribution is 6.01. The molecule has 5 nitrogen and oxygen atoms in total. The highest BCUT2D eigenvalue weighted by Crippen LogP contribution is 2.24. The molecule has 5 heteroatoms. The molecule has 136 valence electrons. The van der Waals surface area contributed by atoms with E-state index in [2.05, 4.69) is 10.5 Å². The fourth-order valence-corrected chi connectivity index (χ4v) is 2.53. The number of amides is 1. The van der Waals surface area contributed by atoms with Crippen LogP contribution in [0.5, 0.6) is 0 Å². The van der Waals surface area contributed by atoms with Gasteiger partial charge in [-0.05, 0) is 31.9 Å². The lowest BCUT2D eigenvalue weighted by Gasteiger charge is -2.17. The number of hydrogen-bond acceptors (Lipinski definition) is 4. The fraction of sp³-hybridized carbons (Fsp3) is 0.286. The van der Waals surface area contributed by atoms with Gasteiger partial charge in [0, 0.05) is 5.71 Å². The van der Waals surface area contributed by atoms with Crippen LogP contribution in [0.2, 0.25) is 0 Å². The van der Waals surface area contributed by atoms with E-state index >= 15 is 0 Å². The van der Waals surface area contributed by atoms with Crippen molar-refractivity contribution in [3.8, 4) is 0 Å². The average Bonchev–Trinajstić information content (AvgIpc) is 2.67. The normalized spacial score (nSPS) is 12.5. The SMILES string of the molecule is CCOC(=O)[C@@H](C)/C(C)=N/NC(=O)C(c1ccccc1)c1ccccc1. The quantitative estimate of drug-likeness (QED) is 0.471. The first-order chi connectivity index (χ1) is 12.5. The molecule has 0 aliphatic heterocycles. The molecule has 0 aromatic heterocycles. The number of rotatable bonds is 7. The molecule has 0 saturated carbocycles. The lowest BCUT2D eigenvalue weighted by atomic mass is 9.91. The van der Waals surface area contributed by atoms with Gasteiger partial charge in [0.25, 0.3) is 5.91 Å². The third-order valence-electron chi connectivity index (χ3n) is 4.14. The Balaban J connectivity index is 2.20. The minimum absolute atomic E-state index is 0.252. The van der Waals surface area contributed by atoms with Gasteiger partial charge < -0.3 is 4.74 Å². The zero-order valence-electron chi connectivity index (χ0n) is 15.3. The summed E-state index contributed by atoms with van der Waals surface area (Å²) in [5, 5.41) is 4.12. The molecule has 0 heterocycles. The summed E-state index contributed by atoms with van der Waals surface area (Å²) >= 11 is 0. The minimum atomic E-state index is -0.512. The van der Waals surface area contributed by atoms with Gasteiger partial charge >= 0.3 is 5.97 Å². The number of benzene rings is 2. The van der Waals surface area contributed by atoms with Gasteiger partial charge in [-0.15, -0.1) is 0 Å². The van der Waals surface area contributed by atoms with Crippen molar-refractivity contribution in [1.82, 2.24) is 5.43 Å². The molecule has 2 aromatic rings. The number of hydrazone groups is 1. The van der Waals surface area contributed by atoms with E-state index in [0.717, 1.165) is 11.1 Å². The second kappa shape index (κ2) is 9.51. The Kier molecular flexibility index (Phi) is 7.09. The van der Waals surface area contributed by atoms with Gasteiger partial charge in [-0.2, -0.15) is 5.10 Å². The zero-order chi connectivity index (χ0) is 18.9. The Morgan fingerprint density at radius 2 is 1.50 bits per heavy atom. The molecule has 2 aromatic carbocycles. The van der Waals surface area contributed by atoms with Crippen LogP contribution in [-0.2, 0) is 14.3 Å². The van der Waals surface area contributed by atoms with Crippen LogP contribution in [-0.4, -0.2) is 24.2 Å². The van der Waals surface area contributed by atoms with E-state index < -0.39 is 11.8 Å². The Labute approximate surface area is 154 Å². The molecule has 1 amide bonds. The lowest BCUT2D eigenvalue weighted by Crippen LogP contribution is -2.29. The highest BCUT2D eigenvalue weighted by Gasteiger charge is 2.23. The van der Waals surface area contributed by atoms with Crippen molar-refractivity contribution in [3.63, 3.8) is 0 Å². The van der Waals surface area contributed by atoms with Crippen LogP contribution >= 0.6 is 0 Å². The second-order valence-electron chi connectivity index (χ2n) is 5.96. The summed E-state index contributed by atoms with van der Waals surface area (Å²) in [6, 6.07) is 19.1. The number of nitrogens with zero attached hydrogens (tertiary/aromatic N) is 1. The molecule has 26 heavy (non-hydrogen) atoms. The number of ether oxygens (including phenoxy) is 1. The maximum absolute atomic E-state index is 12.8. The standard InChI is InChI=1S/C21H24N2O3/c1-4-26-21(25)15(2)16(3)22-23-20(24)19(17-11-7-5-8-12-17)18-13-9-6-10-14-18/h5-15,19H,4H2,1-3H3,(H,23,24)/b22-16+/t15-/m0/s1. The summed E-state index contributed by atoms with van der Waals surface area (Å²) in [5.41, 5.74) is 4.85. The summed E-state index contributed by atoms with van der Waals surface area (Å²) in [4.78, 5) is 24.6. The Morgan fingerprint density at radius 3 is 1.96 bits per heavy atom. The van der Waals surface area contributed by atoms with Crippen LogP contribution in [0.3, 0.4) is 0 Å². The maximum Gasteiger partial charge on any atom is 0.314 e. The lowest BCUT2D eigenvalue weighted by molar-refractivity contribution is -0.145. The van der Waals surface area contributed by atoms with Crippen molar-refractivity contribution in [2.75, 3.05) is 6.61 Å². The fourth-order valence-electron chi connectivity index (χ4n) is 2.53. The smallest absolute Gasteiger partial charge is 0.314 e. The van der Waals surface area contributed by atoms with Crippen LogP contribution in [0, 0.1) is 5.92 Å². The molecule has 1 atom stereocenters. The summed E-state index contributed by atoms with van der Waals surface area (Å²) in [6.45, 7) is 5.47. The molecule has 0 saturated heterocycles. The van der Waals surface area contributed by atoms with Crippen LogP contribution in [0.15, 0.2) is 65.8 Å². The third kappa shape index (κ3) is 5.02. The molecule has 0 fully saturated rings. The van der Waals surface area contributed by atoms with Gasteiger partial charge in [-0.25, -0.2) is 5.43 Å². The average molecular weight is 352 g/mol. The molecule has 0 aliphatic carbocycles. The number of carbonyl (C=O) groups excluding carboxylic acids is 2. The molecule has 0 radical (unpaired) electrons. The van der Waals surface area contributed by atoms with Crippen LogP contribution in [0.25, 0.3) is 0 Å². The molecule has 0 aliphatic rings. The van der Waals surface area contributed by atoms with E-state index in [0.29, 0.717) is 12.3 Å².